The molecule has 2 aromatic carbocycles. The third-order valence-electron chi connectivity index (χ3n) is 2.54. The molecule has 0 amide bonds. The first-order valence-electron chi connectivity index (χ1n) is 5.50. The molecule has 0 aromatic heterocycles. The van der Waals surface area contributed by atoms with Gasteiger partial charge in [-0.25, -0.2) is 0 Å². The molecule has 82 valence electrons. The minimum atomic E-state index is 0.818. The van der Waals surface area contributed by atoms with Crippen molar-refractivity contribution < 1.29 is 0 Å². The fraction of sp³-hybridized carbons (Fsp3) is 0.143. The number of hydrogen-bond donors (Lipinski definition) is 2. The number of hydrogen-bond acceptors (Lipinski definition) is 2. The predicted octanol–water partition coefficient (Wildman–Crippen LogP) is 3.37. The molecule has 0 aliphatic carbocycles. The summed E-state index contributed by atoms with van der Waals surface area (Å²) in [6, 6.07) is 16.2. The van der Waals surface area contributed by atoms with E-state index in [2.05, 4.69) is 36.5 Å². The summed E-state index contributed by atoms with van der Waals surface area (Å²) in [4.78, 5) is 0. The zero-order valence-corrected chi connectivity index (χ0v) is 9.40. The van der Waals surface area contributed by atoms with E-state index in [1.807, 2.05) is 24.3 Å². The van der Waals surface area contributed by atoms with Crippen LogP contribution in [0.5, 0.6) is 0 Å². The highest BCUT2D eigenvalue weighted by Gasteiger charge is 2.00. The van der Waals surface area contributed by atoms with Crippen LogP contribution in [-0.4, -0.2) is 6.54 Å². The monoisotopic (exact) mass is 212 g/mol. The molecule has 0 aliphatic rings. The second kappa shape index (κ2) is 4.71. The van der Waals surface area contributed by atoms with Gasteiger partial charge in [0.1, 0.15) is 0 Å². The van der Waals surface area contributed by atoms with E-state index >= 15 is 0 Å². The van der Waals surface area contributed by atoms with Crippen LogP contribution in [0.2, 0.25) is 0 Å². The maximum atomic E-state index is 5.93. The summed E-state index contributed by atoms with van der Waals surface area (Å²) in [6.45, 7) is 3.02. The summed E-state index contributed by atoms with van der Waals surface area (Å²) in [7, 11) is 0. The lowest BCUT2D eigenvalue weighted by Gasteiger charge is -2.07. The van der Waals surface area contributed by atoms with Crippen LogP contribution >= 0.6 is 0 Å². The van der Waals surface area contributed by atoms with Crippen LogP contribution in [0.4, 0.5) is 11.4 Å². The Morgan fingerprint density at radius 3 is 2.31 bits per heavy atom. The molecule has 16 heavy (non-hydrogen) atoms. The number of benzene rings is 2. The Hall–Kier alpha value is -1.96. The molecule has 0 atom stereocenters. The highest BCUT2D eigenvalue weighted by Crippen LogP contribution is 2.26. The molecule has 0 fully saturated rings. The van der Waals surface area contributed by atoms with E-state index in [0.29, 0.717) is 0 Å². The normalized spacial score (nSPS) is 10.1. The van der Waals surface area contributed by atoms with E-state index in [1.54, 1.807) is 0 Å². The average molecular weight is 212 g/mol. The van der Waals surface area contributed by atoms with Gasteiger partial charge >= 0.3 is 0 Å². The summed E-state index contributed by atoms with van der Waals surface area (Å²) < 4.78 is 0. The van der Waals surface area contributed by atoms with Gasteiger partial charge in [0.25, 0.3) is 0 Å². The lowest BCUT2D eigenvalue weighted by Crippen LogP contribution is -1.95. The number of anilines is 2. The van der Waals surface area contributed by atoms with Crippen LogP contribution in [0, 0.1) is 0 Å². The molecular weight excluding hydrogens is 196 g/mol. The lowest BCUT2D eigenvalue weighted by molar-refractivity contribution is 1.21. The van der Waals surface area contributed by atoms with Crippen molar-refractivity contribution in [2.24, 2.45) is 0 Å². The first-order chi connectivity index (χ1) is 7.81. The third kappa shape index (κ3) is 2.16. The molecule has 0 saturated carbocycles. The Morgan fingerprint density at radius 2 is 1.69 bits per heavy atom. The molecule has 0 aliphatic heterocycles. The Bertz CT molecular complexity index is 460. The van der Waals surface area contributed by atoms with Gasteiger partial charge in [0, 0.05) is 23.5 Å². The summed E-state index contributed by atoms with van der Waals surface area (Å²) in [5, 5.41) is 3.27. The Balaban J connectivity index is 2.31. The van der Waals surface area contributed by atoms with E-state index in [-0.39, 0.29) is 0 Å². The smallest absolute Gasteiger partial charge is 0.0393 e. The van der Waals surface area contributed by atoms with Crippen molar-refractivity contribution in [3.63, 3.8) is 0 Å². The second-order valence-electron chi connectivity index (χ2n) is 3.69. The van der Waals surface area contributed by atoms with E-state index in [9.17, 15) is 0 Å². The van der Waals surface area contributed by atoms with Crippen molar-refractivity contribution in [1.82, 2.24) is 0 Å². The number of nitrogen functional groups attached to an aromatic ring is 1. The van der Waals surface area contributed by atoms with E-state index < -0.39 is 0 Å². The maximum absolute atomic E-state index is 5.93. The SMILES string of the molecule is CCNc1ccc(-c2ccccc2N)cc1. The van der Waals surface area contributed by atoms with Crippen LogP contribution in [0.15, 0.2) is 48.5 Å². The Morgan fingerprint density at radius 1 is 1.00 bits per heavy atom. The van der Waals surface area contributed by atoms with Crippen molar-refractivity contribution in [1.29, 1.82) is 0 Å². The van der Waals surface area contributed by atoms with Gasteiger partial charge in [-0.1, -0.05) is 30.3 Å². The summed E-state index contributed by atoms with van der Waals surface area (Å²) in [5.74, 6) is 0. The summed E-state index contributed by atoms with van der Waals surface area (Å²) in [5.41, 5.74) is 10.1. The molecule has 0 heterocycles. The molecule has 3 N–H and O–H groups in total. The number of rotatable bonds is 3. The molecule has 2 nitrogen and oxygen atoms in total. The Labute approximate surface area is 96.1 Å². The van der Waals surface area contributed by atoms with Crippen LogP contribution in [0.3, 0.4) is 0 Å². The lowest BCUT2D eigenvalue weighted by atomic mass is 10.0. The number of para-hydroxylation sites is 1. The molecule has 2 heteroatoms. The Kier molecular flexibility index (Phi) is 3.10. The van der Waals surface area contributed by atoms with Gasteiger partial charge in [0.2, 0.25) is 0 Å². The minimum absolute atomic E-state index is 0.818. The van der Waals surface area contributed by atoms with Gasteiger partial charge in [-0.3, -0.25) is 0 Å². The number of nitrogens with two attached hydrogens (primary N) is 1. The van der Waals surface area contributed by atoms with Gasteiger partial charge in [0.15, 0.2) is 0 Å². The average Bonchev–Trinajstić information content (AvgIpc) is 2.31. The molecule has 0 saturated heterocycles. The fourth-order valence-corrected chi connectivity index (χ4v) is 1.73. The van der Waals surface area contributed by atoms with Crippen molar-refractivity contribution >= 4 is 11.4 Å². The highest BCUT2D eigenvalue weighted by atomic mass is 14.8. The topological polar surface area (TPSA) is 38.0 Å². The van der Waals surface area contributed by atoms with Crippen molar-refractivity contribution in [2.75, 3.05) is 17.6 Å². The second-order valence-corrected chi connectivity index (χ2v) is 3.69. The third-order valence-corrected chi connectivity index (χ3v) is 2.54. The van der Waals surface area contributed by atoms with Gasteiger partial charge in [-0.15, -0.1) is 0 Å². The van der Waals surface area contributed by atoms with Crippen molar-refractivity contribution in [2.45, 2.75) is 6.92 Å². The fourth-order valence-electron chi connectivity index (χ4n) is 1.73. The van der Waals surface area contributed by atoms with Crippen molar-refractivity contribution in [3.8, 4) is 11.1 Å². The van der Waals surface area contributed by atoms with Gasteiger partial charge in [-0.05, 0) is 30.7 Å². The zero-order valence-electron chi connectivity index (χ0n) is 9.40. The standard InChI is InChI=1S/C14H16N2/c1-2-16-12-9-7-11(8-10-12)13-5-3-4-6-14(13)15/h3-10,16H,2,15H2,1H3. The minimum Gasteiger partial charge on any atom is -0.398 e. The summed E-state index contributed by atoms with van der Waals surface area (Å²) >= 11 is 0. The van der Waals surface area contributed by atoms with Crippen molar-refractivity contribution in [3.05, 3.63) is 48.5 Å². The molecular formula is C14H16N2. The molecule has 2 rings (SSSR count). The van der Waals surface area contributed by atoms with E-state index in [4.69, 9.17) is 5.73 Å². The zero-order chi connectivity index (χ0) is 11.4. The van der Waals surface area contributed by atoms with Crippen LogP contribution in [0.1, 0.15) is 6.92 Å². The molecule has 0 unspecified atom stereocenters. The highest BCUT2D eigenvalue weighted by molar-refractivity contribution is 5.76. The number of nitrogens with one attached hydrogen (secondary N) is 1. The predicted molar refractivity (Wildman–Crippen MR) is 70.5 cm³/mol. The van der Waals surface area contributed by atoms with Crippen LogP contribution in [0.25, 0.3) is 11.1 Å². The molecule has 0 radical (unpaired) electrons. The largest absolute Gasteiger partial charge is 0.398 e. The first-order valence-corrected chi connectivity index (χ1v) is 5.50. The van der Waals surface area contributed by atoms with E-state index in [1.165, 1.54) is 0 Å². The molecule has 2 aromatic rings. The van der Waals surface area contributed by atoms with Gasteiger partial charge in [0.05, 0.1) is 0 Å². The molecule has 0 bridgehead atoms. The van der Waals surface area contributed by atoms with E-state index in [0.717, 1.165) is 29.0 Å². The van der Waals surface area contributed by atoms with Gasteiger partial charge in [-0.2, -0.15) is 0 Å². The first kappa shape index (κ1) is 10.6. The summed E-state index contributed by atoms with van der Waals surface area (Å²) in [6.07, 6.45) is 0. The maximum Gasteiger partial charge on any atom is 0.0393 e. The van der Waals surface area contributed by atoms with Gasteiger partial charge < -0.3 is 11.1 Å². The molecule has 0 spiro atoms. The van der Waals surface area contributed by atoms with Crippen LogP contribution < -0.4 is 11.1 Å². The quantitative estimate of drug-likeness (QED) is 0.765. The van der Waals surface area contributed by atoms with Crippen LogP contribution in [-0.2, 0) is 0 Å².